The Morgan fingerprint density at radius 3 is 2.76 bits per heavy atom. The lowest BCUT2D eigenvalue weighted by Gasteiger charge is -2.19. The first-order valence-corrected chi connectivity index (χ1v) is 6.96. The third kappa shape index (κ3) is 2.82. The molecule has 2 N–H and O–H groups in total. The molecule has 1 aliphatic heterocycles. The summed E-state index contributed by atoms with van der Waals surface area (Å²) in [5.74, 6) is -0.321. The molecule has 7 nitrogen and oxygen atoms in total. The fourth-order valence-electron chi connectivity index (χ4n) is 2.73. The van der Waals surface area contributed by atoms with Gasteiger partial charge in [-0.1, -0.05) is 0 Å². The minimum absolute atomic E-state index is 0.0256. The standard InChI is InChI=1S/C14H16N2O5/c17-12-7-9(3-4-11(12)16(19)20)14(18)15-10-5-6-21-13(10)8-1-2-8/h3-4,7-8,10,13,17H,1-2,5-6H2,(H,15,18). The Morgan fingerprint density at radius 1 is 1.38 bits per heavy atom. The van der Waals surface area contributed by atoms with Crippen LogP contribution < -0.4 is 5.32 Å². The number of phenols is 1. The monoisotopic (exact) mass is 292 g/mol. The molecule has 1 amide bonds. The summed E-state index contributed by atoms with van der Waals surface area (Å²) in [6.45, 7) is 0.637. The summed E-state index contributed by atoms with van der Waals surface area (Å²) in [5.41, 5.74) is -0.203. The normalized spacial score (nSPS) is 24.8. The van der Waals surface area contributed by atoms with E-state index in [1.54, 1.807) is 0 Å². The molecular weight excluding hydrogens is 276 g/mol. The van der Waals surface area contributed by atoms with Gasteiger partial charge in [0, 0.05) is 18.2 Å². The highest BCUT2D eigenvalue weighted by atomic mass is 16.6. The number of carbonyl (C=O) groups is 1. The molecule has 1 aromatic carbocycles. The van der Waals surface area contributed by atoms with Crippen molar-refractivity contribution in [3.05, 3.63) is 33.9 Å². The topological polar surface area (TPSA) is 102 Å². The molecule has 0 spiro atoms. The fraction of sp³-hybridized carbons (Fsp3) is 0.500. The maximum atomic E-state index is 12.2. The van der Waals surface area contributed by atoms with Gasteiger partial charge in [0.1, 0.15) is 0 Å². The number of nitro benzene ring substituents is 1. The van der Waals surface area contributed by atoms with Crippen LogP contribution in [0.5, 0.6) is 5.75 Å². The first kappa shape index (κ1) is 13.8. The minimum Gasteiger partial charge on any atom is -0.502 e. The van der Waals surface area contributed by atoms with Crippen molar-refractivity contribution in [2.24, 2.45) is 5.92 Å². The van der Waals surface area contributed by atoms with Gasteiger partial charge in [0.15, 0.2) is 5.75 Å². The van der Waals surface area contributed by atoms with E-state index in [1.807, 2.05) is 0 Å². The summed E-state index contributed by atoms with van der Waals surface area (Å²) >= 11 is 0. The van der Waals surface area contributed by atoms with Gasteiger partial charge in [-0.3, -0.25) is 14.9 Å². The number of hydrogen-bond acceptors (Lipinski definition) is 5. The number of amides is 1. The van der Waals surface area contributed by atoms with Gasteiger partial charge in [-0.25, -0.2) is 0 Å². The summed E-state index contributed by atoms with van der Waals surface area (Å²) < 4.78 is 5.65. The second kappa shape index (κ2) is 5.33. The van der Waals surface area contributed by atoms with Crippen molar-refractivity contribution in [3.8, 4) is 5.75 Å². The summed E-state index contributed by atoms with van der Waals surface area (Å²) in [4.78, 5) is 22.1. The van der Waals surface area contributed by atoms with Crippen molar-refractivity contribution < 1.29 is 19.6 Å². The first-order chi connectivity index (χ1) is 10.1. The van der Waals surface area contributed by atoms with Crippen molar-refractivity contribution >= 4 is 11.6 Å². The van der Waals surface area contributed by atoms with Crippen molar-refractivity contribution in [1.82, 2.24) is 5.32 Å². The van der Waals surface area contributed by atoms with Gasteiger partial charge < -0.3 is 15.2 Å². The van der Waals surface area contributed by atoms with Gasteiger partial charge in [0.05, 0.1) is 17.1 Å². The zero-order chi connectivity index (χ0) is 15.0. The molecule has 2 unspecified atom stereocenters. The summed E-state index contributed by atoms with van der Waals surface area (Å²) in [7, 11) is 0. The smallest absolute Gasteiger partial charge is 0.310 e. The molecule has 1 saturated carbocycles. The molecule has 0 bridgehead atoms. The molecule has 2 aliphatic rings. The lowest BCUT2D eigenvalue weighted by Crippen LogP contribution is -2.41. The number of benzene rings is 1. The van der Waals surface area contributed by atoms with Crippen LogP contribution >= 0.6 is 0 Å². The molecular formula is C14H16N2O5. The summed E-state index contributed by atoms with van der Waals surface area (Å²) in [6, 6.07) is 3.57. The van der Waals surface area contributed by atoms with Gasteiger partial charge in [-0.2, -0.15) is 0 Å². The van der Waals surface area contributed by atoms with E-state index in [-0.39, 0.29) is 23.6 Å². The SMILES string of the molecule is O=C(NC1CCOC1C1CC1)c1ccc([N+](=O)[O-])c(O)c1. The molecule has 2 atom stereocenters. The highest BCUT2D eigenvalue weighted by Crippen LogP contribution is 2.38. The zero-order valence-electron chi connectivity index (χ0n) is 11.3. The summed E-state index contributed by atoms with van der Waals surface area (Å²) in [5, 5.41) is 23.1. The number of carbonyl (C=O) groups excluding carboxylic acids is 1. The van der Waals surface area contributed by atoms with Crippen LogP contribution in [0.2, 0.25) is 0 Å². The number of nitrogens with zero attached hydrogens (tertiary/aromatic N) is 1. The zero-order valence-corrected chi connectivity index (χ0v) is 11.3. The largest absolute Gasteiger partial charge is 0.502 e. The quantitative estimate of drug-likeness (QED) is 0.648. The highest BCUT2D eigenvalue weighted by molar-refractivity contribution is 5.95. The molecule has 21 heavy (non-hydrogen) atoms. The van der Waals surface area contributed by atoms with Crippen LogP contribution in [0.3, 0.4) is 0 Å². The molecule has 3 rings (SSSR count). The molecule has 1 heterocycles. The van der Waals surface area contributed by atoms with E-state index < -0.39 is 16.4 Å². The Morgan fingerprint density at radius 2 is 2.14 bits per heavy atom. The number of ether oxygens (including phenoxy) is 1. The van der Waals surface area contributed by atoms with Crippen molar-refractivity contribution in [2.45, 2.75) is 31.4 Å². The average molecular weight is 292 g/mol. The molecule has 1 aromatic rings. The number of nitrogens with one attached hydrogen (secondary N) is 1. The Labute approximate surface area is 121 Å². The molecule has 1 aliphatic carbocycles. The van der Waals surface area contributed by atoms with Crippen LogP contribution in [0.15, 0.2) is 18.2 Å². The van der Waals surface area contributed by atoms with Crippen LogP contribution in [-0.2, 0) is 4.74 Å². The summed E-state index contributed by atoms with van der Waals surface area (Å²) in [6.07, 6.45) is 3.11. The van der Waals surface area contributed by atoms with E-state index in [0.29, 0.717) is 12.5 Å². The van der Waals surface area contributed by atoms with E-state index in [2.05, 4.69) is 5.32 Å². The van der Waals surface area contributed by atoms with Gasteiger partial charge in [0.25, 0.3) is 5.91 Å². The Balaban J connectivity index is 1.70. The van der Waals surface area contributed by atoms with E-state index in [0.717, 1.165) is 31.4 Å². The average Bonchev–Trinajstić information content (AvgIpc) is 3.18. The van der Waals surface area contributed by atoms with Crippen LogP contribution in [0.1, 0.15) is 29.6 Å². The van der Waals surface area contributed by atoms with Crippen LogP contribution in [0, 0.1) is 16.0 Å². The molecule has 1 saturated heterocycles. The van der Waals surface area contributed by atoms with Crippen LogP contribution in [0.4, 0.5) is 5.69 Å². The second-order valence-corrected chi connectivity index (χ2v) is 5.50. The van der Waals surface area contributed by atoms with Gasteiger partial charge in [-0.05, 0) is 37.3 Å². The predicted molar refractivity (Wildman–Crippen MR) is 73.1 cm³/mol. The molecule has 0 radical (unpaired) electrons. The van der Waals surface area contributed by atoms with Gasteiger partial charge >= 0.3 is 5.69 Å². The van der Waals surface area contributed by atoms with E-state index in [1.165, 1.54) is 6.07 Å². The van der Waals surface area contributed by atoms with E-state index in [9.17, 15) is 20.0 Å². The maximum Gasteiger partial charge on any atom is 0.310 e. The third-order valence-corrected chi connectivity index (χ3v) is 3.97. The van der Waals surface area contributed by atoms with Gasteiger partial charge in [-0.15, -0.1) is 0 Å². The first-order valence-electron chi connectivity index (χ1n) is 6.96. The maximum absolute atomic E-state index is 12.2. The lowest BCUT2D eigenvalue weighted by atomic mass is 10.1. The third-order valence-electron chi connectivity index (χ3n) is 3.97. The number of rotatable bonds is 4. The second-order valence-electron chi connectivity index (χ2n) is 5.50. The van der Waals surface area contributed by atoms with E-state index >= 15 is 0 Å². The number of hydrogen-bond donors (Lipinski definition) is 2. The number of aromatic hydroxyl groups is 1. The Bertz CT molecular complexity index is 585. The molecule has 7 heteroatoms. The minimum atomic E-state index is -0.690. The van der Waals surface area contributed by atoms with Gasteiger partial charge in [0.2, 0.25) is 0 Å². The van der Waals surface area contributed by atoms with Crippen molar-refractivity contribution in [1.29, 1.82) is 0 Å². The fourth-order valence-corrected chi connectivity index (χ4v) is 2.73. The Kier molecular flexibility index (Phi) is 3.50. The number of phenolic OH excluding ortho intramolecular Hbond substituents is 1. The van der Waals surface area contributed by atoms with E-state index in [4.69, 9.17) is 4.74 Å². The lowest BCUT2D eigenvalue weighted by molar-refractivity contribution is -0.385. The predicted octanol–water partition coefficient (Wildman–Crippen LogP) is 1.60. The molecule has 2 fully saturated rings. The number of nitro groups is 1. The van der Waals surface area contributed by atoms with Crippen molar-refractivity contribution in [2.75, 3.05) is 6.61 Å². The van der Waals surface area contributed by atoms with Crippen LogP contribution in [-0.4, -0.2) is 34.7 Å². The highest BCUT2D eigenvalue weighted by Gasteiger charge is 2.41. The molecule has 0 aromatic heterocycles. The Hall–Kier alpha value is -2.15. The molecule has 112 valence electrons. The van der Waals surface area contributed by atoms with Crippen molar-refractivity contribution in [3.63, 3.8) is 0 Å². The van der Waals surface area contributed by atoms with Crippen LogP contribution in [0.25, 0.3) is 0 Å².